The van der Waals surface area contributed by atoms with E-state index < -0.39 is 0 Å². The molecule has 0 aliphatic rings. The maximum absolute atomic E-state index is 9.32. The van der Waals surface area contributed by atoms with Crippen molar-refractivity contribution in [1.82, 2.24) is 4.98 Å². The van der Waals surface area contributed by atoms with Crippen LogP contribution in [0, 0.1) is 13.8 Å². The lowest BCUT2D eigenvalue weighted by atomic mass is 10.0. The molecule has 0 unspecified atom stereocenters. The Balaban J connectivity index is 2.54. The second-order valence-electron chi connectivity index (χ2n) is 3.72. The second-order valence-corrected chi connectivity index (χ2v) is 3.72. The monoisotopic (exact) mass is 199 g/mol. The summed E-state index contributed by atoms with van der Waals surface area (Å²) in [5.41, 5.74) is 4.24. The van der Waals surface area contributed by atoms with Gasteiger partial charge in [0.25, 0.3) is 0 Å². The molecule has 0 saturated carbocycles. The maximum atomic E-state index is 9.32. The Morgan fingerprint density at radius 1 is 1.07 bits per heavy atom. The summed E-state index contributed by atoms with van der Waals surface area (Å²) >= 11 is 0. The van der Waals surface area contributed by atoms with E-state index in [1.165, 1.54) is 5.56 Å². The van der Waals surface area contributed by atoms with Crippen molar-refractivity contribution in [3.63, 3.8) is 0 Å². The number of nitrogens with zero attached hydrogens (tertiary/aromatic N) is 1. The molecule has 0 radical (unpaired) electrons. The molecular weight excluding hydrogens is 186 g/mol. The third-order valence-electron chi connectivity index (χ3n) is 2.40. The number of aryl methyl sites for hydroxylation is 2. The molecule has 1 aromatic carbocycles. The standard InChI is InChI=1S/C13H13NO/c1-9-5-6-14-13(7-9)12-4-3-11(15)8-10(12)2/h3-8,15H,1-2H3. The molecule has 0 fully saturated rings. The van der Waals surface area contributed by atoms with Crippen LogP contribution < -0.4 is 0 Å². The number of hydrogen-bond donors (Lipinski definition) is 1. The van der Waals surface area contributed by atoms with Crippen LogP contribution in [0.1, 0.15) is 11.1 Å². The Kier molecular flexibility index (Phi) is 2.42. The summed E-state index contributed by atoms with van der Waals surface area (Å²) in [5.74, 6) is 0.295. The van der Waals surface area contributed by atoms with E-state index in [9.17, 15) is 5.11 Å². The SMILES string of the molecule is Cc1ccnc(-c2ccc(O)cc2C)c1. The van der Waals surface area contributed by atoms with Gasteiger partial charge in [-0.3, -0.25) is 4.98 Å². The minimum absolute atomic E-state index is 0.295. The first kappa shape index (κ1) is 9.71. The Morgan fingerprint density at radius 2 is 1.87 bits per heavy atom. The van der Waals surface area contributed by atoms with E-state index in [-0.39, 0.29) is 0 Å². The smallest absolute Gasteiger partial charge is 0.115 e. The van der Waals surface area contributed by atoms with Crippen molar-refractivity contribution in [3.05, 3.63) is 47.7 Å². The van der Waals surface area contributed by atoms with Crippen LogP contribution in [0.25, 0.3) is 11.3 Å². The average Bonchev–Trinajstić information content (AvgIpc) is 2.17. The van der Waals surface area contributed by atoms with E-state index in [2.05, 4.69) is 4.98 Å². The predicted octanol–water partition coefficient (Wildman–Crippen LogP) is 3.07. The molecule has 0 saturated heterocycles. The highest BCUT2D eigenvalue weighted by Gasteiger charge is 2.03. The number of benzene rings is 1. The van der Waals surface area contributed by atoms with Crippen LogP contribution in [0.5, 0.6) is 5.75 Å². The fourth-order valence-corrected chi connectivity index (χ4v) is 1.62. The lowest BCUT2D eigenvalue weighted by molar-refractivity contribution is 0.475. The van der Waals surface area contributed by atoms with E-state index in [4.69, 9.17) is 0 Å². The highest BCUT2D eigenvalue weighted by atomic mass is 16.3. The minimum atomic E-state index is 0.295. The third-order valence-corrected chi connectivity index (χ3v) is 2.40. The number of aromatic nitrogens is 1. The number of phenols is 1. The number of rotatable bonds is 1. The summed E-state index contributed by atoms with van der Waals surface area (Å²) in [6, 6.07) is 9.34. The van der Waals surface area contributed by atoms with Gasteiger partial charge in [0, 0.05) is 11.8 Å². The topological polar surface area (TPSA) is 33.1 Å². The van der Waals surface area contributed by atoms with Gasteiger partial charge >= 0.3 is 0 Å². The predicted molar refractivity (Wildman–Crippen MR) is 60.8 cm³/mol. The zero-order chi connectivity index (χ0) is 10.8. The molecule has 1 aromatic heterocycles. The largest absolute Gasteiger partial charge is 0.508 e. The first-order valence-corrected chi connectivity index (χ1v) is 4.89. The molecule has 1 N–H and O–H groups in total. The minimum Gasteiger partial charge on any atom is -0.508 e. The van der Waals surface area contributed by atoms with E-state index in [0.717, 1.165) is 16.8 Å². The van der Waals surface area contributed by atoms with Gasteiger partial charge in [0.2, 0.25) is 0 Å². The number of aromatic hydroxyl groups is 1. The molecule has 0 atom stereocenters. The number of pyridine rings is 1. The van der Waals surface area contributed by atoms with Crippen LogP contribution >= 0.6 is 0 Å². The highest BCUT2D eigenvalue weighted by molar-refractivity contribution is 5.64. The van der Waals surface area contributed by atoms with Gasteiger partial charge in [-0.05, 0) is 55.3 Å². The molecule has 2 heteroatoms. The summed E-state index contributed by atoms with van der Waals surface area (Å²) in [6.45, 7) is 4.01. The number of phenolic OH excluding ortho intramolecular Hbond substituents is 1. The molecule has 15 heavy (non-hydrogen) atoms. The lowest BCUT2D eigenvalue weighted by Gasteiger charge is -2.06. The summed E-state index contributed by atoms with van der Waals surface area (Å²) in [4.78, 5) is 4.32. The van der Waals surface area contributed by atoms with Crippen molar-refractivity contribution < 1.29 is 5.11 Å². The van der Waals surface area contributed by atoms with E-state index in [0.29, 0.717) is 5.75 Å². The molecule has 1 heterocycles. The molecule has 2 rings (SSSR count). The van der Waals surface area contributed by atoms with E-state index in [1.54, 1.807) is 18.3 Å². The zero-order valence-corrected chi connectivity index (χ0v) is 8.86. The molecule has 0 amide bonds. The zero-order valence-electron chi connectivity index (χ0n) is 8.86. The van der Waals surface area contributed by atoms with Gasteiger partial charge in [0.05, 0.1) is 5.69 Å². The molecule has 0 aliphatic heterocycles. The van der Waals surface area contributed by atoms with Gasteiger partial charge < -0.3 is 5.11 Å². The highest BCUT2D eigenvalue weighted by Crippen LogP contribution is 2.24. The fraction of sp³-hybridized carbons (Fsp3) is 0.154. The van der Waals surface area contributed by atoms with Crippen LogP contribution in [-0.4, -0.2) is 10.1 Å². The maximum Gasteiger partial charge on any atom is 0.115 e. The Labute approximate surface area is 89.2 Å². The van der Waals surface area contributed by atoms with Gasteiger partial charge in [-0.25, -0.2) is 0 Å². The molecule has 76 valence electrons. The summed E-state index contributed by atoms with van der Waals surface area (Å²) in [7, 11) is 0. The lowest BCUT2D eigenvalue weighted by Crippen LogP contribution is -1.87. The molecule has 2 nitrogen and oxygen atoms in total. The number of hydrogen-bond acceptors (Lipinski definition) is 2. The molecule has 2 aromatic rings. The quantitative estimate of drug-likeness (QED) is 0.765. The van der Waals surface area contributed by atoms with Crippen LogP contribution in [0.2, 0.25) is 0 Å². The van der Waals surface area contributed by atoms with Crippen molar-refractivity contribution in [3.8, 4) is 17.0 Å². The average molecular weight is 199 g/mol. The molecule has 0 spiro atoms. The fourth-order valence-electron chi connectivity index (χ4n) is 1.62. The van der Waals surface area contributed by atoms with Crippen molar-refractivity contribution in [2.24, 2.45) is 0 Å². The van der Waals surface area contributed by atoms with Gasteiger partial charge in [0.15, 0.2) is 0 Å². The van der Waals surface area contributed by atoms with Crippen molar-refractivity contribution >= 4 is 0 Å². The van der Waals surface area contributed by atoms with Crippen LogP contribution in [-0.2, 0) is 0 Å². The summed E-state index contributed by atoms with van der Waals surface area (Å²) in [6.07, 6.45) is 1.80. The first-order valence-electron chi connectivity index (χ1n) is 4.89. The van der Waals surface area contributed by atoms with Gasteiger partial charge in [-0.2, -0.15) is 0 Å². The normalized spacial score (nSPS) is 10.3. The van der Waals surface area contributed by atoms with Gasteiger partial charge in [-0.1, -0.05) is 0 Å². The summed E-state index contributed by atoms with van der Waals surface area (Å²) in [5, 5.41) is 9.32. The molecule has 0 aliphatic carbocycles. The summed E-state index contributed by atoms with van der Waals surface area (Å²) < 4.78 is 0. The second kappa shape index (κ2) is 3.73. The third kappa shape index (κ3) is 1.99. The van der Waals surface area contributed by atoms with E-state index >= 15 is 0 Å². The Hall–Kier alpha value is -1.83. The molecular formula is C13H13NO. The van der Waals surface area contributed by atoms with Gasteiger partial charge in [0.1, 0.15) is 5.75 Å². The van der Waals surface area contributed by atoms with Crippen LogP contribution in [0.4, 0.5) is 0 Å². The molecule has 0 bridgehead atoms. The first-order chi connectivity index (χ1) is 7.16. The Bertz CT molecular complexity index is 492. The van der Waals surface area contributed by atoms with Crippen LogP contribution in [0.15, 0.2) is 36.5 Å². The van der Waals surface area contributed by atoms with Crippen molar-refractivity contribution in [2.45, 2.75) is 13.8 Å². The Morgan fingerprint density at radius 3 is 2.53 bits per heavy atom. The van der Waals surface area contributed by atoms with Gasteiger partial charge in [-0.15, -0.1) is 0 Å². The van der Waals surface area contributed by atoms with E-state index in [1.807, 2.05) is 32.0 Å². The van der Waals surface area contributed by atoms with Crippen LogP contribution in [0.3, 0.4) is 0 Å². The van der Waals surface area contributed by atoms with Crippen molar-refractivity contribution in [1.29, 1.82) is 0 Å². The van der Waals surface area contributed by atoms with Crippen molar-refractivity contribution in [2.75, 3.05) is 0 Å².